The van der Waals surface area contributed by atoms with Crippen molar-refractivity contribution in [1.82, 2.24) is 10.3 Å². The minimum Gasteiger partial charge on any atom is -0.497 e. The van der Waals surface area contributed by atoms with E-state index in [4.69, 9.17) is 14.2 Å². The number of amides is 1. The summed E-state index contributed by atoms with van der Waals surface area (Å²) < 4.78 is 17.1. The van der Waals surface area contributed by atoms with Crippen LogP contribution in [0.4, 0.5) is 0 Å². The van der Waals surface area contributed by atoms with Crippen LogP contribution < -0.4 is 14.8 Å². The Morgan fingerprint density at radius 1 is 1.33 bits per heavy atom. The maximum Gasteiger partial charge on any atom is 0.226 e. The van der Waals surface area contributed by atoms with Crippen LogP contribution in [0.25, 0.3) is 0 Å². The summed E-state index contributed by atoms with van der Waals surface area (Å²) in [6.45, 7) is 1.38. The van der Waals surface area contributed by atoms with Gasteiger partial charge in [-0.05, 0) is 30.5 Å². The topological polar surface area (TPSA) is 69.7 Å². The van der Waals surface area contributed by atoms with Crippen molar-refractivity contribution in [2.75, 3.05) is 27.4 Å². The molecule has 8 heteroatoms. The molecule has 0 aliphatic carbocycles. The molecule has 0 radical (unpaired) electrons. The van der Waals surface area contributed by atoms with Gasteiger partial charge >= 0.3 is 0 Å². The summed E-state index contributed by atoms with van der Waals surface area (Å²) >= 11 is 3.20. The number of ether oxygens (including phenoxy) is 3. The van der Waals surface area contributed by atoms with Crippen molar-refractivity contribution in [1.29, 1.82) is 0 Å². The van der Waals surface area contributed by atoms with Crippen LogP contribution in [0.15, 0.2) is 27.9 Å². The Morgan fingerprint density at radius 3 is 2.78 bits per heavy atom. The first-order chi connectivity index (χ1) is 13.2. The monoisotopic (exact) mass is 408 g/mol. The molecular weight excluding hydrogens is 384 g/mol. The zero-order valence-electron chi connectivity index (χ0n) is 15.5. The van der Waals surface area contributed by atoms with Gasteiger partial charge in [0.1, 0.15) is 15.8 Å². The van der Waals surface area contributed by atoms with Crippen molar-refractivity contribution in [3.8, 4) is 11.5 Å². The quantitative estimate of drug-likeness (QED) is 0.642. The summed E-state index contributed by atoms with van der Waals surface area (Å²) in [6, 6.07) is 5.83. The van der Waals surface area contributed by atoms with Gasteiger partial charge < -0.3 is 19.5 Å². The predicted molar refractivity (Wildman–Crippen MR) is 107 cm³/mol. The van der Waals surface area contributed by atoms with Gasteiger partial charge in [-0.15, -0.1) is 11.3 Å². The van der Waals surface area contributed by atoms with Crippen LogP contribution in [0.5, 0.6) is 11.5 Å². The highest BCUT2D eigenvalue weighted by Crippen LogP contribution is 2.30. The minimum absolute atomic E-state index is 0.00937. The number of thioether (sulfide) groups is 1. The van der Waals surface area contributed by atoms with E-state index < -0.39 is 0 Å². The number of nitrogens with zero attached hydrogens (tertiary/aromatic N) is 1. The average molecular weight is 409 g/mol. The number of thiazole rings is 1. The molecule has 1 unspecified atom stereocenters. The van der Waals surface area contributed by atoms with E-state index in [0.717, 1.165) is 52.3 Å². The minimum atomic E-state index is -0.00937. The molecular formula is C19H24N2O4S2. The number of nitrogens with one attached hydrogen (secondary N) is 1. The molecule has 1 N–H and O–H groups in total. The molecule has 3 rings (SSSR count). The molecule has 1 aliphatic rings. The zero-order valence-corrected chi connectivity index (χ0v) is 17.2. The van der Waals surface area contributed by atoms with Crippen molar-refractivity contribution < 1.29 is 19.0 Å². The lowest BCUT2D eigenvalue weighted by atomic mass is 10.2. The molecule has 1 atom stereocenters. The third kappa shape index (κ3) is 6.12. The molecule has 1 aromatic carbocycles. The lowest BCUT2D eigenvalue weighted by molar-refractivity contribution is -0.121. The van der Waals surface area contributed by atoms with E-state index in [1.165, 1.54) is 0 Å². The molecule has 146 valence electrons. The van der Waals surface area contributed by atoms with Crippen LogP contribution in [0.1, 0.15) is 24.1 Å². The number of hydrogen-bond acceptors (Lipinski definition) is 7. The first kappa shape index (κ1) is 20.0. The standard InChI is InChI=1S/C19H24N2O4S2/c1-23-16-6-13(7-17(9-16)24-2)11-26-19-21-14(12-27-19)8-18(22)20-10-15-4-3-5-25-15/h6-7,9,12,15H,3-5,8,10-11H2,1-2H3,(H,20,22). The van der Waals surface area contributed by atoms with E-state index in [0.29, 0.717) is 13.0 Å². The van der Waals surface area contributed by atoms with Crippen molar-refractivity contribution in [2.24, 2.45) is 0 Å². The van der Waals surface area contributed by atoms with Gasteiger partial charge in [0.15, 0.2) is 0 Å². The molecule has 1 saturated heterocycles. The molecule has 1 aromatic heterocycles. The van der Waals surface area contributed by atoms with E-state index in [9.17, 15) is 4.79 Å². The van der Waals surface area contributed by atoms with Crippen LogP contribution >= 0.6 is 23.1 Å². The Hall–Kier alpha value is -1.77. The van der Waals surface area contributed by atoms with Crippen molar-refractivity contribution in [2.45, 2.75) is 35.5 Å². The fourth-order valence-electron chi connectivity index (χ4n) is 2.79. The van der Waals surface area contributed by atoms with E-state index in [1.807, 2.05) is 23.6 Å². The van der Waals surface area contributed by atoms with Gasteiger partial charge in [-0.1, -0.05) is 11.8 Å². The van der Waals surface area contributed by atoms with Crippen LogP contribution in [0.3, 0.4) is 0 Å². The lowest BCUT2D eigenvalue weighted by Crippen LogP contribution is -2.32. The Kier molecular flexibility index (Phi) is 7.37. The lowest BCUT2D eigenvalue weighted by Gasteiger charge is -2.10. The third-order valence-electron chi connectivity index (χ3n) is 4.20. The molecule has 6 nitrogen and oxygen atoms in total. The summed E-state index contributed by atoms with van der Waals surface area (Å²) in [4.78, 5) is 16.6. The van der Waals surface area contributed by atoms with Crippen molar-refractivity contribution >= 4 is 29.0 Å². The Balaban J connectivity index is 1.48. The summed E-state index contributed by atoms with van der Waals surface area (Å²) in [7, 11) is 3.28. The van der Waals surface area contributed by atoms with Gasteiger partial charge in [-0.2, -0.15) is 0 Å². The van der Waals surface area contributed by atoms with Crippen molar-refractivity contribution in [3.63, 3.8) is 0 Å². The molecule has 0 saturated carbocycles. The Labute approximate surface area is 167 Å². The molecule has 1 amide bonds. The maximum atomic E-state index is 12.1. The molecule has 27 heavy (non-hydrogen) atoms. The fraction of sp³-hybridized carbons (Fsp3) is 0.474. The second-order valence-electron chi connectivity index (χ2n) is 6.23. The first-order valence-electron chi connectivity index (χ1n) is 8.83. The highest BCUT2D eigenvalue weighted by molar-refractivity contribution is 8.00. The van der Waals surface area contributed by atoms with Crippen molar-refractivity contribution in [3.05, 3.63) is 34.8 Å². The summed E-state index contributed by atoms with van der Waals surface area (Å²) in [6.07, 6.45) is 2.56. The number of carbonyl (C=O) groups is 1. The predicted octanol–water partition coefficient (Wildman–Crippen LogP) is 3.29. The van der Waals surface area contributed by atoms with Crippen LogP contribution in [-0.4, -0.2) is 44.4 Å². The number of hydrogen-bond donors (Lipinski definition) is 1. The fourth-order valence-corrected chi connectivity index (χ4v) is 4.57. The maximum absolute atomic E-state index is 12.1. The van der Waals surface area contributed by atoms with Crippen LogP contribution in [-0.2, 0) is 21.7 Å². The molecule has 0 bridgehead atoms. The van der Waals surface area contributed by atoms with Gasteiger partial charge in [0.25, 0.3) is 0 Å². The number of carbonyl (C=O) groups excluding carboxylic acids is 1. The average Bonchev–Trinajstić information content (AvgIpc) is 3.36. The molecule has 1 aliphatic heterocycles. The SMILES string of the molecule is COc1cc(CSc2nc(CC(=O)NCC3CCCO3)cs2)cc(OC)c1. The highest BCUT2D eigenvalue weighted by atomic mass is 32.2. The second kappa shape index (κ2) is 9.96. The van der Waals surface area contributed by atoms with E-state index >= 15 is 0 Å². The molecule has 1 fully saturated rings. The first-order valence-corrected chi connectivity index (χ1v) is 10.7. The van der Waals surface area contributed by atoms with Gasteiger partial charge in [0.2, 0.25) is 5.91 Å². The summed E-state index contributed by atoms with van der Waals surface area (Å²) in [5.74, 6) is 2.29. The van der Waals surface area contributed by atoms with Gasteiger partial charge in [0.05, 0.1) is 32.4 Å². The van der Waals surface area contributed by atoms with Crippen LogP contribution in [0, 0.1) is 0 Å². The molecule has 2 heterocycles. The number of rotatable bonds is 9. The zero-order chi connectivity index (χ0) is 19.1. The van der Waals surface area contributed by atoms with Gasteiger partial charge in [-0.3, -0.25) is 4.79 Å². The smallest absolute Gasteiger partial charge is 0.226 e. The number of aromatic nitrogens is 1. The van der Waals surface area contributed by atoms with Crippen LogP contribution in [0.2, 0.25) is 0 Å². The summed E-state index contributed by atoms with van der Waals surface area (Å²) in [5.41, 5.74) is 1.90. The highest BCUT2D eigenvalue weighted by Gasteiger charge is 2.16. The van der Waals surface area contributed by atoms with Gasteiger partial charge in [0, 0.05) is 30.4 Å². The van der Waals surface area contributed by atoms with E-state index in [1.54, 1.807) is 37.3 Å². The normalized spacial score (nSPS) is 16.3. The molecule has 2 aromatic rings. The van der Waals surface area contributed by atoms with E-state index in [2.05, 4.69) is 10.3 Å². The third-order valence-corrected chi connectivity index (χ3v) is 6.34. The Morgan fingerprint density at radius 2 is 2.11 bits per heavy atom. The second-order valence-corrected chi connectivity index (χ2v) is 8.31. The largest absolute Gasteiger partial charge is 0.497 e. The summed E-state index contributed by atoms with van der Waals surface area (Å²) in [5, 5.41) is 4.88. The van der Waals surface area contributed by atoms with E-state index in [-0.39, 0.29) is 12.0 Å². The number of benzene rings is 1. The Bertz CT molecular complexity index is 738. The van der Waals surface area contributed by atoms with Gasteiger partial charge in [-0.25, -0.2) is 4.98 Å². The number of methoxy groups -OCH3 is 2. The molecule has 0 spiro atoms.